The Kier molecular flexibility index (Phi) is 6.67. The number of amides is 2. The molecule has 0 fully saturated rings. The number of carbonyl (C=O) groups excluding carboxylic acids is 2. The van der Waals surface area contributed by atoms with Crippen LogP contribution in [0.4, 0.5) is 11.4 Å². The summed E-state index contributed by atoms with van der Waals surface area (Å²) < 4.78 is 0. The Balaban J connectivity index is 1.63. The molecule has 0 spiro atoms. The lowest BCUT2D eigenvalue weighted by atomic mass is 10.1. The van der Waals surface area contributed by atoms with E-state index in [0.29, 0.717) is 16.9 Å². The number of para-hydroxylation sites is 2. The summed E-state index contributed by atoms with van der Waals surface area (Å²) in [6.45, 7) is 0. The van der Waals surface area contributed by atoms with Crippen LogP contribution in [-0.2, 0) is 4.79 Å². The van der Waals surface area contributed by atoms with Gasteiger partial charge in [-0.2, -0.15) is 0 Å². The predicted molar refractivity (Wildman–Crippen MR) is 119 cm³/mol. The van der Waals surface area contributed by atoms with Crippen molar-refractivity contribution in [2.75, 3.05) is 10.6 Å². The van der Waals surface area contributed by atoms with Crippen LogP contribution in [0.5, 0.6) is 0 Å². The minimum atomic E-state index is -0.350. The van der Waals surface area contributed by atoms with Crippen molar-refractivity contribution in [2.24, 2.45) is 0 Å². The number of thiocarbonyl (C=S) groups is 1. The third-order valence-electron chi connectivity index (χ3n) is 3.63. The summed E-state index contributed by atoms with van der Waals surface area (Å²) in [5.74, 6) is -0.627. The third kappa shape index (κ3) is 5.60. The standard InChI is InChI=1S/C21H17N3O2S2/c25-19(13-12-16-9-6-14-28-16)24-21(27)23-18-11-5-4-10-17(18)20(26)22-15-7-2-1-3-8-15/h1-14H,(H,22,26)(H2,23,24,25,27). The number of hydrogen-bond donors (Lipinski definition) is 3. The fourth-order valence-corrected chi connectivity index (χ4v) is 3.19. The van der Waals surface area contributed by atoms with Crippen LogP contribution in [0.15, 0.2) is 78.2 Å². The molecule has 0 atom stereocenters. The molecule has 2 amide bonds. The topological polar surface area (TPSA) is 70.2 Å². The van der Waals surface area contributed by atoms with Crippen molar-refractivity contribution < 1.29 is 9.59 Å². The van der Waals surface area contributed by atoms with Crippen molar-refractivity contribution in [3.8, 4) is 0 Å². The summed E-state index contributed by atoms with van der Waals surface area (Å²) in [7, 11) is 0. The van der Waals surface area contributed by atoms with Gasteiger partial charge in [0.2, 0.25) is 5.91 Å². The Bertz CT molecular complexity index is 1000. The van der Waals surface area contributed by atoms with E-state index in [-0.39, 0.29) is 16.9 Å². The highest BCUT2D eigenvalue weighted by molar-refractivity contribution is 7.80. The summed E-state index contributed by atoms with van der Waals surface area (Å²) in [5.41, 5.74) is 1.61. The van der Waals surface area contributed by atoms with E-state index in [0.717, 1.165) is 4.88 Å². The highest BCUT2D eigenvalue weighted by Gasteiger charge is 2.12. The Morgan fingerprint density at radius 3 is 2.39 bits per heavy atom. The number of nitrogens with one attached hydrogen (secondary N) is 3. The molecule has 5 nitrogen and oxygen atoms in total. The lowest BCUT2D eigenvalue weighted by Gasteiger charge is -2.13. The molecule has 0 aliphatic heterocycles. The van der Waals surface area contributed by atoms with Gasteiger partial charge in [0, 0.05) is 16.6 Å². The molecule has 2 aromatic carbocycles. The zero-order valence-corrected chi connectivity index (χ0v) is 16.3. The van der Waals surface area contributed by atoms with E-state index in [1.165, 1.54) is 17.4 Å². The first-order valence-corrected chi connectivity index (χ1v) is 9.69. The number of benzene rings is 2. The SMILES string of the molecule is O=C(C=Cc1cccs1)NC(=S)Nc1ccccc1C(=O)Nc1ccccc1. The summed E-state index contributed by atoms with van der Waals surface area (Å²) in [6, 6.07) is 19.9. The predicted octanol–water partition coefficient (Wildman–Crippen LogP) is 4.53. The minimum absolute atomic E-state index is 0.112. The second-order valence-electron chi connectivity index (χ2n) is 5.66. The van der Waals surface area contributed by atoms with Crippen LogP contribution in [0.2, 0.25) is 0 Å². The maximum atomic E-state index is 12.6. The molecule has 3 N–H and O–H groups in total. The molecule has 0 saturated heterocycles. The maximum Gasteiger partial charge on any atom is 0.257 e. The lowest BCUT2D eigenvalue weighted by Crippen LogP contribution is -2.33. The molecule has 0 aliphatic rings. The molecule has 1 aromatic heterocycles. The van der Waals surface area contributed by atoms with Gasteiger partial charge < -0.3 is 10.6 Å². The Hall–Kier alpha value is -3.29. The highest BCUT2D eigenvalue weighted by atomic mass is 32.1. The first-order valence-electron chi connectivity index (χ1n) is 8.41. The van der Waals surface area contributed by atoms with E-state index in [9.17, 15) is 9.59 Å². The molecule has 0 aliphatic carbocycles. The molecular formula is C21H17N3O2S2. The Morgan fingerprint density at radius 1 is 0.893 bits per heavy atom. The van der Waals surface area contributed by atoms with Crippen LogP contribution in [0, 0.1) is 0 Å². The van der Waals surface area contributed by atoms with Gasteiger partial charge in [-0.15, -0.1) is 11.3 Å². The van der Waals surface area contributed by atoms with Gasteiger partial charge in [-0.3, -0.25) is 14.9 Å². The van der Waals surface area contributed by atoms with Crippen molar-refractivity contribution >= 4 is 57.9 Å². The first-order chi connectivity index (χ1) is 13.6. The van der Waals surface area contributed by atoms with Gasteiger partial charge in [0.05, 0.1) is 11.3 Å². The second-order valence-corrected chi connectivity index (χ2v) is 7.05. The van der Waals surface area contributed by atoms with E-state index in [1.807, 2.05) is 35.7 Å². The van der Waals surface area contributed by atoms with Gasteiger partial charge >= 0.3 is 0 Å². The fourth-order valence-electron chi connectivity index (χ4n) is 2.36. The minimum Gasteiger partial charge on any atom is -0.332 e. The van der Waals surface area contributed by atoms with Crippen LogP contribution in [-0.4, -0.2) is 16.9 Å². The van der Waals surface area contributed by atoms with E-state index < -0.39 is 0 Å². The quantitative estimate of drug-likeness (QED) is 0.429. The average Bonchev–Trinajstić information content (AvgIpc) is 3.21. The molecule has 0 bridgehead atoms. The van der Waals surface area contributed by atoms with Crippen molar-refractivity contribution in [2.45, 2.75) is 0 Å². The molecule has 0 unspecified atom stereocenters. The van der Waals surface area contributed by atoms with Crippen molar-refractivity contribution in [1.29, 1.82) is 0 Å². The molecule has 7 heteroatoms. The normalized spacial score (nSPS) is 10.4. The highest BCUT2D eigenvalue weighted by Crippen LogP contribution is 2.17. The van der Waals surface area contributed by atoms with Gasteiger partial charge in [-0.25, -0.2) is 0 Å². The smallest absolute Gasteiger partial charge is 0.257 e. The van der Waals surface area contributed by atoms with Crippen LogP contribution in [0.1, 0.15) is 15.2 Å². The molecule has 3 aromatic rings. The second kappa shape index (κ2) is 9.59. The number of hydrogen-bond acceptors (Lipinski definition) is 4. The van der Waals surface area contributed by atoms with Gasteiger partial charge in [0.15, 0.2) is 5.11 Å². The zero-order valence-electron chi connectivity index (χ0n) is 14.7. The molecule has 1 heterocycles. The van der Waals surface area contributed by atoms with E-state index in [4.69, 9.17) is 12.2 Å². The molecule has 28 heavy (non-hydrogen) atoms. The van der Waals surface area contributed by atoms with Gasteiger partial charge in [-0.05, 0) is 54.0 Å². The number of carbonyl (C=O) groups is 2. The molecule has 0 saturated carbocycles. The molecular weight excluding hydrogens is 390 g/mol. The van der Waals surface area contributed by atoms with Crippen molar-refractivity contribution in [3.63, 3.8) is 0 Å². The first kappa shape index (κ1) is 19.5. The van der Waals surface area contributed by atoms with Crippen LogP contribution in [0.25, 0.3) is 6.08 Å². The number of thiophene rings is 1. The lowest BCUT2D eigenvalue weighted by molar-refractivity contribution is -0.115. The maximum absolute atomic E-state index is 12.6. The van der Waals surface area contributed by atoms with E-state index in [1.54, 1.807) is 42.5 Å². The number of anilines is 2. The summed E-state index contributed by atoms with van der Waals surface area (Å²) >= 11 is 6.73. The van der Waals surface area contributed by atoms with E-state index >= 15 is 0 Å². The largest absolute Gasteiger partial charge is 0.332 e. The zero-order chi connectivity index (χ0) is 19.8. The van der Waals surface area contributed by atoms with E-state index in [2.05, 4.69) is 16.0 Å². The Morgan fingerprint density at radius 2 is 1.64 bits per heavy atom. The van der Waals surface area contributed by atoms with Crippen LogP contribution >= 0.6 is 23.6 Å². The summed E-state index contributed by atoms with van der Waals surface area (Å²) in [5, 5.41) is 10.4. The Labute approximate surface area is 172 Å². The monoisotopic (exact) mass is 407 g/mol. The summed E-state index contributed by atoms with van der Waals surface area (Å²) in [6.07, 6.45) is 3.12. The molecule has 0 radical (unpaired) electrons. The average molecular weight is 408 g/mol. The van der Waals surface area contributed by atoms with Crippen molar-refractivity contribution in [1.82, 2.24) is 5.32 Å². The van der Waals surface area contributed by atoms with Crippen LogP contribution < -0.4 is 16.0 Å². The third-order valence-corrected chi connectivity index (χ3v) is 4.67. The van der Waals surface area contributed by atoms with Crippen molar-refractivity contribution in [3.05, 3.63) is 88.6 Å². The van der Waals surface area contributed by atoms with Gasteiger partial charge in [0.1, 0.15) is 0 Å². The van der Waals surface area contributed by atoms with Crippen LogP contribution in [0.3, 0.4) is 0 Å². The van der Waals surface area contributed by atoms with Gasteiger partial charge in [-0.1, -0.05) is 36.4 Å². The summed E-state index contributed by atoms with van der Waals surface area (Å²) in [4.78, 5) is 25.5. The molecule has 3 rings (SSSR count). The molecule has 140 valence electrons. The van der Waals surface area contributed by atoms with Gasteiger partial charge in [0.25, 0.3) is 5.91 Å². The number of rotatable bonds is 5. The fraction of sp³-hybridized carbons (Fsp3) is 0.